The van der Waals surface area contributed by atoms with E-state index >= 15 is 0 Å². The number of piperazine rings is 1. The van der Waals surface area contributed by atoms with Crippen molar-refractivity contribution >= 4 is 51.9 Å². The monoisotopic (exact) mass is 310 g/mol. The smallest absolute Gasteiger partial charge is 0.250 e. The molecule has 0 saturated carbocycles. The van der Waals surface area contributed by atoms with Crippen molar-refractivity contribution in [3.8, 4) is 0 Å². The van der Waals surface area contributed by atoms with Gasteiger partial charge in [0.1, 0.15) is 23.6 Å². The minimum absolute atomic E-state index is 0.0499. The first kappa shape index (κ1) is 13.3. The number of halogens is 1. The summed E-state index contributed by atoms with van der Waals surface area (Å²) in [7, 11) is 0. The number of hydrogen-bond donors (Lipinski definition) is 1. The van der Waals surface area contributed by atoms with Crippen molar-refractivity contribution in [3.05, 3.63) is 17.2 Å². The zero-order valence-electron chi connectivity index (χ0n) is 10.6. The zero-order chi connectivity index (χ0) is 14.3. The van der Waals surface area contributed by atoms with Crippen LogP contribution in [0.5, 0.6) is 0 Å². The van der Waals surface area contributed by atoms with E-state index in [-0.39, 0.29) is 18.4 Å². The molecular formula is C12H11ClN4O2S. The summed E-state index contributed by atoms with van der Waals surface area (Å²) < 4.78 is 8.32. The Hall–Kier alpha value is -1.73. The molecule has 104 valence electrons. The van der Waals surface area contributed by atoms with Gasteiger partial charge in [0.25, 0.3) is 0 Å². The van der Waals surface area contributed by atoms with Crippen LogP contribution >= 0.6 is 23.3 Å². The van der Waals surface area contributed by atoms with Gasteiger partial charge in [-0.2, -0.15) is 8.75 Å². The molecule has 20 heavy (non-hydrogen) atoms. The highest BCUT2D eigenvalue weighted by atomic mass is 35.5. The predicted molar refractivity (Wildman–Crippen MR) is 77.0 cm³/mol. The summed E-state index contributed by atoms with van der Waals surface area (Å²) >= 11 is 7.26. The molecule has 1 unspecified atom stereocenters. The lowest BCUT2D eigenvalue weighted by molar-refractivity contribution is -0.131. The number of benzene rings is 1. The lowest BCUT2D eigenvalue weighted by atomic mass is 10.1. The molecule has 2 aromatic rings. The Labute approximate surface area is 124 Å². The third-order valence-corrected chi connectivity index (χ3v) is 4.08. The van der Waals surface area contributed by atoms with Gasteiger partial charge in [-0.05, 0) is 18.6 Å². The molecule has 0 spiro atoms. The number of nitrogens with zero attached hydrogens (tertiary/aromatic N) is 3. The molecule has 1 saturated heterocycles. The van der Waals surface area contributed by atoms with Gasteiger partial charge in [0.2, 0.25) is 11.8 Å². The van der Waals surface area contributed by atoms with Crippen molar-refractivity contribution in [2.24, 2.45) is 0 Å². The Kier molecular flexibility index (Phi) is 3.31. The average molecular weight is 311 g/mol. The maximum atomic E-state index is 12.4. The molecule has 1 aromatic heterocycles. The number of aromatic nitrogens is 2. The van der Waals surface area contributed by atoms with E-state index in [2.05, 4.69) is 14.1 Å². The van der Waals surface area contributed by atoms with Crippen LogP contribution in [-0.4, -0.2) is 33.1 Å². The topological polar surface area (TPSA) is 75.2 Å². The predicted octanol–water partition coefficient (Wildman–Crippen LogP) is 1.59. The molecule has 0 aliphatic carbocycles. The molecule has 1 atom stereocenters. The van der Waals surface area contributed by atoms with Gasteiger partial charge < -0.3 is 5.32 Å². The molecule has 1 aliphatic heterocycles. The van der Waals surface area contributed by atoms with Crippen molar-refractivity contribution in [1.29, 1.82) is 0 Å². The fourth-order valence-electron chi connectivity index (χ4n) is 2.25. The van der Waals surface area contributed by atoms with E-state index < -0.39 is 6.04 Å². The summed E-state index contributed by atoms with van der Waals surface area (Å²) in [6.45, 7) is 1.80. The van der Waals surface area contributed by atoms with Crippen molar-refractivity contribution in [1.82, 2.24) is 14.1 Å². The van der Waals surface area contributed by atoms with Crippen molar-refractivity contribution < 1.29 is 9.59 Å². The molecule has 2 amide bonds. The van der Waals surface area contributed by atoms with Crippen LogP contribution in [0.1, 0.15) is 13.3 Å². The van der Waals surface area contributed by atoms with Crippen LogP contribution in [0.2, 0.25) is 5.02 Å². The third-order valence-electron chi connectivity index (χ3n) is 3.23. The quantitative estimate of drug-likeness (QED) is 0.914. The number of anilines is 1. The van der Waals surface area contributed by atoms with Crippen LogP contribution in [0, 0.1) is 0 Å². The number of nitrogens with one attached hydrogen (secondary N) is 1. The van der Waals surface area contributed by atoms with E-state index in [1.807, 2.05) is 6.92 Å². The van der Waals surface area contributed by atoms with E-state index in [9.17, 15) is 9.59 Å². The van der Waals surface area contributed by atoms with Crippen LogP contribution in [-0.2, 0) is 9.59 Å². The van der Waals surface area contributed by atoms with Gasteiger partial charge in [0.05, 0.1) is 22.4 Å². The van der Waals surface area contributed by atoms with Crippen LogP contribution < -0.4 is 10.2 Å². The van der Waals surface area contributed by atoms with Gasteiger partial charge in [-0.25, -0.2) is 0 Å². The minimum atomic E-state index is -0.519. The molecule has 1 fully saturated rings. The van der Waals surface area contributed by atoms with Gasteiger partial charge in [-0.1, -0.05) is 18.5 Å². The lowest BCUT2D eigenvalue weighted by Crippen LogP contribution is -2.58. The van der Waals surface area contributed by atoms with E-state index in [4.69, 9.17) is 11.6 Å². The van der Waals surface area contributed by atoms with Crippen LogP contribution in [0.15, 0.2) is 12.1 Å². The van der Waals surface area contributed by atoms with Crippen molar-refractivity contribution in [3.63, 3.8) is 0 Å². The molecule has 0 bridgehead atoms. The van der Waals surface area contributed by atoms with Crippen LogP contribution in [0.3, 0.4) is 0 Å². The highest BCUT2D eigenvalue weighted by Gasteiger charge is 2.34. The second kappa shape index (κ2) is 4.99. The second-order valence-corrected chi connectivity index (χ2v) is 5.42. The maximum absolute atomic E-state index is 12.4. The molecule has 2 heterocycles. The Morgan fingerprint density at radius 1 is 1.45 bits per heavy atom. The summed E-state index contributed by atoms with van der Waals surface area (Å²) in [5, 5.41) is 3.06. The third kappa shape index (κ3) is 2.03. The van der Waals surface area contributed by atoms with Crippen molar-refractivity contribution in [2.45, 2.75) is 19.4 Å². The van der Waals surface area contributed by atoms with E-state index in [0.717, 1.165) is 11.7 Å². The molecule has 1 aromatic carbocycles. The maximum Gasteiger partial charge on any atom is 0.250 e. The highest BCUT2D eigenvalue weighted by molar-refractivity contribution is 7.00. The fraction of sp³-hybridized carbons (Fsp3) is 0.333. The number of rotatable bonds is 2. The first-order chi connectivity index (χ1) is 9.61. The summed E-state index contributed by atoms with van der Waals surface area (Å²) in [5.74, 6) is -0.373. The number of hydrogen-bond acceptors (Lipinski definition) is 5. The summed E-state index contributed by atoms with van der Waals surface area (Å²) in [6.07, 6.45) is 0.532. The summed E-state index contributed by atoms with van der Waals surface area (Å²) in [6, 6.07) is 2.90. The number of fused-ring (bicyclic) bond motifs is 1. The van der Waals surface area contributed by atoms with Gasteiger partial charge in [-0.15, -0.1) is 0 Å². The molecule has 1 aliphatic rings. The Bertz CT molecular complexity index is 702. The van der Waals surface area contributed by atoms with Gasteiger partial charge in [0.15, 0.2) is 0 Å². The molecule has 3 rings (SSSR count). The average Bonchev–Trinajstić information content (AvgIpc) is 2.89. The first-order valence-electron chi connectivity index (χ1n) is 6.13. The molecule has 1 N–H and O–H groups in total. The largest absolute Gasteiger partial charge is 0.343 e. The highest BCUT2D eigenvalue weighted by Crippen LogP contribution is 2.34. The Morgan fingerprint density at radius 2 is 2.25 bits per heavy atom. The summed E-state index contributed by atoms with van der Waals surface area (Å²) in [5.41, 5.74) is 1.69. The molecule has 0 radical (unpaired) electrons. The Morgan fingerprint density at radius 3 is 3.00 bits per heavy atom. The molecular weight excluding hydrogens is 300 g/mol. The van der Waals surface area contributed by atoms with Crippen molar-refractivity contribution in [2.75, 3.05) is 11.4 Å². The normalized spacial score (nSPS) is 19.5. The number of carbonyl (C=O) groups is 2. The molecule has 8 heteroatoms. The van der Waals surface area contributed by atoms with E-state index in [1.54, 1.807) is 12.1 Å². The standard InChI is InChI=1S/C12H11ClN4O2S/c1-2-7-12(19)17(5-9(18)14-7)11-6(13)3-4-8-10(11)16-20-15-8/h3-4,7H,2,5H2,1H3,(H,14,18). The van der Waals surface area contributed by atoms with Crippen LogP contribution in [0.4, 0.5) is 5.69 Å². The molecule has 6 nitrogen and oxygen atoms in total. The van der Waals surface area contributed by atoms with E-state index in [0.29, 0.717) is 28.2 Å². The lowest BCUT2D eigenvalue weighted by Gasteiger charge is -2.32. The Balaban J connectivity index is 2.13. The van der Waals surface area contributed by atoms with Gasteiger partial charge in [-0.3, -0.25) is 14.5 Å². The summed E-state index contributed by atoms with van der Waals surface area (Å²) in [4.78, 5) is 25.6. The van der Waals surface area contributed by atoms with Gasteiger partial charge in [0, 0.05) is 0 Å². The zero-order valence-corrected chi connectivity index (χ0v) is 12.2. The second-order valence-electron chi connectivity index (χ2n) is 4.48. The fourth-order valence-corrected chi connectivity index (χ4v) is 3.04. The number of carbonyl (C=O) groups excluding carboxylic acids is 2. The van der Waals surface area contributed by atoms with Gasteiger partial charge >= 0.3 is 0 Å². The van der Waals surface area contributed by atoms with Crippen LogP contribution in [0.25, 0.3) is 11.0 Å². The number of amides is 2. The van der Waals surface area contributed by atoms with E-state index in [1.165, 1.54) is 4.90 Å². The SMILES string of the molecule is CCC1NC(=O)CN(c2c(Cl)ccc3nsnc23)C1=O. The first-order valence-corrected chi connectivity index (χ1v) is 7.24. The minimum Gasteiger partial charge on any atom is -0.343 e.